The lowest BCUT2D eigenvalue weighted by molar-refractivity contribution is -0.139. The number of benzene rings is 1. The van der Waals surface area contributed by atoms with Crippen molar-refractivity contribution < 1.29 is 31.5 Å². The third kappa shape index (κ3) is 3.60. The Labute approximate surface area is 185 Å². The van der Waals surface area contributed by atoms with Crippen LogP contribution in [0.15, 0.2) is 23.6 Å². The third-order valence-corrected chi connectivity index (χ3v) is 5.92. The number of nitrogens with zero attached hydrogens (tertiary/aromatic N) is 4. The van der Waals surface area contributed by atoms with E-state index in [2.05, 4.69) is 15.3 Å². The lowest BCUT2D eigenvalue weighted by Crippen LogP contribution is -2.47. The number of carbonyl (C=O) groups excluding carboxylic acids is 2. The highest BCUT2D eigenvalue weighted by atomic mass is 35.5. The van der Waals surface area contributed by atoms with Crippen molar-refractivity contribution in [2.24, 2.45) is 0 Å². The van der Waals surface area contributed by atoms with Gasteiger partial charge in [-0.2, -0.15) is 13.2 Å². The summed E-state index contributed by atoms with van der Waals surface area (Å²) in [6.07, 6.45) is -4.84. The first kappa shape index (κ1) is 22.1. The van der Waals surface area contributed by atoms with Crippen molar-refractivity contribution in [2.75, 3.05) is 23.4 Å². The van der Waals surface area contributed by atoms with Gasteiger partial charge in [-0.25, -0.2) is 28.4 Å². The van der Waals surface area contributed by atoms with Gasteiger partial charge in [0.25, 0.3) is 5.91 Å². The first-order chi connectivity index (χ1) is 15.0. The number of alkyl halides is 3. The number of amides is 3. The highest BCUT2D eigenvalue weighted by molar-refractivity contribution is 7.16. The number of fused-ring (bicyclic) bond motifs is 1. The van der Waals surface area contributed by atoms with E-state index in [1.807, 2.05) is 0 Å². The molecule has 0 saturated carbocycles. The van der Waals surface area contributed by atoms with E-state index in [-0.39, 0.29) is 22.4 Å². The molecule has 4 rings (SSSR count). The SMILES string of the molecule is CN(C(=O)[C@@H]1CNC(=O)N1c1nc(C(F)(F)F)c2ccsc2n1)c1ccc(F)c(Cl)c1F. The average molecular weight is 492 g/mol. The van der Waals surface area contributed by atoms with Crippen LogP contribution in [0, 0.1) is 11.6 Å². The van der Waals surface area contributed by atoms with Gasteiger partial charge in [0, 0.05) is 19.0 Å². The van der Waals surface area contributed by atoms with E-state index in [0.29, 0.717) is 4.90 Å². The van der Waals surface area contributed by atoms with Crippen LogP contribution in [0.5, 0.6) is 0 Å². The van der Waals surface area contributed by atoms with Crippen LogP contribution in [-0.2, 0) is 11.0 Å². The molecule has 1 aliphatic rings. The van der Waals surface area contributed by atoms with Crippen LogP contribution in [0.2, 0.25) is 5.02 Å². The molecule has 168 valence electrons. The fourth-order valence-corrected chi connectivity index (χ4v) is 4.13. The summed E-state index contributed by atoms with van der Waals surface area (Å²) in [7, 11) is 1.15. The lowest BCUT2D eigenvalue weighted by Gasteiger charge is -2.26. The molecule has 1 saturated heterocycles. The molecular formula is C18H11ClF5N5O2S. The summed E-state index contributed by atoms with van der Waals surface area (Å²) in [5.41, 5.74) is -1.64. The van der Waals surface area contributed by atoms with Gasteiger partial charge < -0.3 is 10.2 Å². The number of hydrogen-bond acceptors (Lipinski definition) is 5. The Bertz CT molecular complexity index is 1250. The molecule has 0 radical (unpaired) electrons. The van der Waals surface area contributed by atoms with Crippen molar-refractivity contribution in [3.8, 4) is 0 Å². The molecule has 0 unspecified atom stereocenters. The zero-order valence-corrected chi connectivity index (χ0v) is 17.4. The number of thiophene rings is 1. The van der Waals surface area contributed by atoms with Crippen LogP contribution in [0.3, 0.4) is 0 Å². The number of likely N-dealkylation sites (N-methyl/N-ethyl adjacent to an activating group) is 1. The molecule has 2 aromatic heterocycles. The van der Waals surface area contributed by atoms with Gasteiger partial charge in [0.05, 0.1) is 5.69 Å². The van der Waals surface area contributed by atoms with Crippen molar-refractivity contribution in [1.82, 2.24) is 15.3 Å². The second-order valence-electron chi connectivity index (χ2n) is 6.67. The predicted octanol–water partition coefficient (Wildman–Crippen LogP) is 4.20. The Morgan fingerprint density at radius 2 is 2.00 bits per heavy atom. The molecule has 0 spiro atoms. The average Bonchev–Trinajstić information content (AvgIpc) is 3.35. The zero-order chi connectivity index (χ0) is 23.4. The lowest BCUT2D eigenvalue weighted by atomic mass is 10.2. The smallest absolute Gasteiger partial charge is 0.335 e. The van der Waals surface area contributed by atoms with E-state index in [1.54, 1.807) is 0 Å². The molecular weight excluding hydrogens is 481 g/mol. The summed E-state index contributed by atoms with van der Waals surface area (Å²) < 4.78 is 68.4. The molecule has 1 N–H and O–H groups in total. The summed E-state index contributed by atoms with van der Waals surface area (Å²) >= 11 is 6.46. The normalized spacial score (nSPS) is 16.5. The van der Waals surface area contributed by atoms with Gasteiger partial charge >= 0.3 is 12.2 Å². The van der Waals surface area contributed by atoms with E-state index in [0.717, 1.165) is 35.4 Å². The second kappa shape index (κ2) is 7.81. The van der Waals surface area contributed by atoms with Gasteiger partial charge in [-0.15, -0.1) is 11.3 Å². The van der Waals surface area contributed by atoms with E-state index in [9.17, 15) is 31.5 Å². The number of nitrogens with one attached hydrogen (secondary N) is 1. The topological polar surface area (TPSA) is 78.4 Å². The van der Waals surface area contributed by atoms with Gasteiger partial charge in [0.1, 0.15) is 21.7 Å². The predicted molar refractivity (Wildman–Crippen MR) is 107 cm³/mol. The van der Waals surface area contributed by atoms with Crippen molar-refractivity contribution >= 4 is 56.7 Å². The maximum Gasteiger partial charge on any atom is 0.434 e. The minimum atomic E-state index is -4.84. The summed E-state index contributed by atoms with van der Waals surface area (Å²) in [5.74, 6) is -3.76. The van der Waals surface area contributed by atoms with Crippen molar-refractivity contribution in [2.45, 2.75) is 12.2 Å². The molecule has 3 amide bonds. The van der Waals surface area contributed by atoms with Gasteiger partial charge in [-0.1, -0.05) is 11.6 Å². The van der Waals surface area contributed by atoms with Crippen molar-refractivity contribution in [1.29, 1.82) is 0 Å². The third-order valence-electron chi connectivity index (χ3n) is 4.77. The van der Waals surface area contributed by atoms with E-state index in [4.69, 9.17) is 11.6 Å². The molecule has 32 heavy (non-hydrogen) atoms. The summed E-state index contributed by atoms with van der Waals surface area (Å²) in [4.78, 5) is 34.4. The monoisotopic (exact) mass is 491 g/mol. The fraction of sp³-hybridized carbons (Fsp3) is 0.222. The van der Waals surface area contributed by atoms with Crippen molar-refractivity contribution in [3.05, 3.63) is 45.9 Å². The number of urea groups is 1. The maximum absolute atomic E-state index is 14.4. The van der Waals surface area contributed by atoms with E-state index < -0.39 is 52.5 Å². The van der Waals surface area contributed by atoms with Crippen LogP contribution in [0.4, 0.5) is 38.4 Å². The fourth-order valence-electron chi connectivity index (χ4n) is 3.21. The number of rotatable bonds is 3. The van der Waals surface area contributed by atoms with Crippen LogP contribution >= 0.6 is 22.9 Å². The molecule has 1 fully saturated rings. The molecule has 3 aromatic rings. The number of hydrogen-bond donors (Lipinski definition) is 1. The molecule has 7 nitrogen and oxygen atoms in total. The number of halogens is 6. The largest absolute Gasteiger partial charge is 0.434 e. The Kier molecular flexibility index (Phi) is 5.41. The van der Waals surface area contributed by atoms with Gasteiger partial charge in [-0.3, -0.25) is 4.79 Å². The summed E-state index contributed by atoms with van der Waals surface area (Å²) in [5, 5.41) is 2.66. The van der Waals surface area contributed by atoms with Gasteiger partial charge in [0.15, 0.2) is 11.5 Å². The summed E-state index contributed by atoms with van der Waals surface area (Å²) in [6, 6.07) is 0.726. The van der Waals surface area contributed by atoms with E-state index in [1.165, 1.54) is 11.4 Å². The Morgan fingerprint density at radius 3 is 2.69 bits per heavy atom. The quantitative estimate of drug-likeness (QED) is 0.440. The summed E-state index contributed by atoms with van der Waals surface area (Å²) in [6.45, 7) is -0.300. The zero-order valence-electron chi connectivity index (χ0n) is 15.9. The van der Waals surface area contributed by atoms with Crippen LogP contribution < -0.4 is 15.1 Å². The molecule has 0 aliphatic carbocycles. The Morgan fingerprint density at radius 1 is 1.28 bits per heavy atom. The molecule has 0 bridgehead atoms. The standard InChI is InChI=1S/C18H11ClF5N5O2S/c1-28(9-3-2-8(20)11(19)12(9)21)15(30)10-6-25-17(31)29(10)16-26-13(18(22,23)24)7-4-5-32-14(7)27-16/h2-5,10H,6H2,1H3,(H,25,31)/t10-/m0/s1. The Hall–Kier alpha value is -3.06. The first-order valence-electron chi connectivity index (χ1n) is 8.81. The molecule has 3 heterocycles. The number of anilines is 2. The van der Waals surface area contributed by atoms with Gasteiger partial charge in [0.2, 0.25) is 5.95 Å². The van der Waals surface area contributed by atoms with Gasteiger partial charge in [-0.05, 0) is 23.6 Å². The minimum absolute atomic E-state index is 0.0297. The highest BCUT2D eigenvalue weighted by Gasteiger charge is 2.43. The maximum atomic E-state index is 14.4. The minimum Gasteiger partial charge on any atom is -0.335 e. The van der Waals surface area contributed by atoms with E-state index >= 15 is 0 Å². The molecule has 14 heteroatoms. The molecule has 1 atom stereocenters. The van der Waals surface area contributed by atoms with Crippen molar-refractivity contribution in [3.63, 3.8) is 0 Å². The second-order valence-corrected chi connectivity index (χ2v) is 7.95. The highest BCUT2D eigenvalue weighted by Crippen LogP contribution is 2.36. The van der Waals surface area contributed by atoms with Crippen LogP contribution in [0.25, 0.3) is 10.2 Å². The molecule has 1 aliphatic heterocycles. The molecule has 1 aromatic carbocycles. The Balaban J connectivity index is 1.75. The van der Waals surface area contributed by atoms with Crippen LogP contribution in [-0.4, -0.2) is 41.5 Å². The van der Waals surface area contributed by atoms with Crippen LogP contribution in [0.1, 0.15) is 5.69 Å². The first-order valence-corrected chi connectivity index (χ1v) is 10.1. The number of aromatic nitrogens is 2. The number of carbonyl (C=O) groups is 2.